The lowest BCUT2D eigenvalue weighted by Gasteiger charge is -2.19. The van der Waals surface area contributed by atoms with E-state index in [0.29, 0.717) is 5.69 Å². The number of aromatic nitrogens is 1. The average molecular weight is 309 g/mol. The number of nitrogens with zero attached hydrogens (tertiary/aromatic N) is 2. The van der Waals surface area contributed by atoms with E-state index in [1.54, 1.807) is 13.0 Å². The van der Waals surface area contributed by atoms with E-state index in [-0.39, 0.29) is 24.0 Å². The minimum absolute atomic E-state index is 0.0108. The van der Waals surface area contributed by atoms with Crippen LogP contribution in [0, 0.1) is 6.92 Å². The van der Waals surface area contributed by atoms with Crippen LogP contribution in [0.15, 0.2) is 12.3 Å². The number of rotatable bonds is 2. The first-order valence-electron chi connectivity index (χ1n) is 5.15. The fourth-order valence-corrected chi connectivity index (χ4v) is 3.26. The van der Waals surface area contributed by atoms with Crippen LogP contribution >= 0.6 is 22.3 Å². The van der Waals surface area contributed by atoms with Crippen LogP contribution in [-0.4, -0.2) is 31.1 Å². The topological polar surface area (TPSA) is 67.3 Å². The lowest BCUT2D eigenvalue weighted by atomic mass is 10.2. The van der Waals surface area contributed by atoms with Gasteiger partial charge in [-0.25, -0.2) is 13.4 Å². The number of hydrogen-bond donors (Lipinski definition) is 0. The SMILES string of the molecule is Cc1ccnc(Cl)c1N1CC(S(=O)(=O)Cl)CC1=O. The summed E-state index contributed by atoms with van der Waals surface area (Å²) >= 11 is 5.95. The van der Waals surface area contributed by atoms with E-state index in [1.807, 2.05) is 0 Å². The van der Waals surface area contributed by atoms with Gasteiger partial charge < -0.3 is 4.90 Å². The van der Waals surface area contributed by atoms with E-state index in [9.17, 15) is 13.2 Å². The second-order valence-electron chi connectivity index (χ2n) is 4.07. The maximum Gasteiger partial charge on any atom is 0.237 e. The molecule has 1 aromatic rings. The van der Waals surface area contributed by atoms with Crippen LogP contribution < -0.4 is 4.90 Å². The molecule has 0 saturated carbocycles. The smallest absolute Gasteiger partial charge is 0.237 e. The molecule has 8 heteroatoms. The summed E-state index contributed by atoms with van der Waals surface area (Å²) < 4.78 is 22.5. The largest absolute Gasteiger partial charge is 0.308 e. The monoisotopic (exact) mass is 308 g/mol. The predicted octanol–water partition coefficient (Wildman–Crippen LogP) is 1.72. The molecule has 0 spiro atoms. The zero-order valence-corrected chi connectivity index (χ0v) is 11.8. The van der Waals surface area contributed by atoms with Gasteiger partial charge in [0.25, 0.3) is 0 Å². The van der Waals surface area contributed by atoms with Gasteiger partial charge in [-0.15, -0.1) is 0 Å². The zero-order chi connectivity index (χ0) is 13.5. The van der Waals surface area contributed by atoms with E-state index in [4.69, 9.17) is 22.3 Å². The fourth-order valence-electron chi connectivity index (χ4n) is 1.92. The number of anilines is 1. The second-order valence-corrected chi connectivity index (χ2v) is 7.34. The first-order valence-corrected chi connectivity index (χ1v) is 7.90. The molecule has 1 aliphatic heterocycles. The molecule has 1 atom stereocenters. The molecule has 1 amide bonds. The number of amides is 1. The van der Waals surface area contributed by atoms with Gasteiger partial charge in [0.15, 0.2) is 5.15 Å². The van der Waals surface area contributed by atoms with E-state index in [2.05, 4.69) is 4.98 Å². The third-order valence-electron chi connectivity index (χ3n) is 2.84. The van der Waals surface area contributed by atoms with Crippen LogP contribution in [0.1, 0.15) is 12.0 Å². The molecule has 1 aliphatic rings. The van der Waals surface area contributed by atoms with Gasteiger partial charge in [0, 0.05) is 29.8 Å². The van der Waals surface area contributed by atoms with Crippen LogP contribution in [0.5, 0.6) is 0 Å². The van der Waals surface area contributed by atoms with Crippen molar-refractivity contribution in [3.63, 3.8) is 0 Å². The van der Waals surface area contributed by atoms with E-state index in [1.165, 1.54) is 11.1 Å². The predicted molar refractivity (Wildman–Crippen MR) is 69.5 cm³/mol. The van der Waals surface area contributed by atoms with Crippen molar-refractivity contribution >= 4 is 42.9 Å². The molecule has 1 saturated heterocycles. The summed E-state index contributed by atoms with van der Waals surface area (Å²) in [5.41, 5.74) is 1.21. The first kappa shape index (κ1) is 13.6. The molecule has 0 aliphatic carbocycles. The molecule has 5 nitrogen and oxygen atoms in total. The molecule has 0 aromatic carbocycles. The number of hydrogen-bond acceptors (Lipinski definition) is 4. The van der Waals surface area contributed by atoms with Crippen LogP contribution in [0.2, 0.25) is 5.15 Å². The highest BCUT2D eigenvalue weighted by atomic mass is 35.7. The molecule has 1 unspecified atom stereocenters. The maximum atomic E-state index is 11.9. The molecule has 18 heavy (non-hydrogen) atoms. The Morgan fingerprint density at radius 2 is 2.17 bits per heavy atom. The number of aryl methyl sites for hydroxylation is 1. The summed E-state index contributed by atoms with van der Waals surface area (Å²) in [4.78, 5) is 17.1. The molecule has 1 aromatic heterocycles. The first-order chi connectivity index (χ1) is 8.30. The van der Waals surface area contributed by atoms with Crippen molar-refractivity contribution in [1.82, 2.24) is 4.98 Å². The van der Waals surface area contributed by atoms with E-state index < -0.39 is 14.3 Å². The van der Waals surface area contributed by atoms with Gasteiger partial charge in [-0.2, -0.15) is 0 Å². The van der Waals surface area contributed by atoms with Crippen molar-refractivity contribution in [2.24, 2.45) is 0 Å². The molecule has 98 valence electrons. The molecule has 1 fully saturated rings. The van der Waals surface area contributed by atoms with Gasteiger partial charge >= 0.3 is 0 Å². The van der Waals surface area contributed by atoms with Gasteiger partial charge in [0.1, 0.15) is 5.25 Å². The average Bonchev–Trinajstić information content (AvgIpc) is 2.60. The summed E-state index contributed by atoms with van der Waals surface area (Å²) in [5.74, 6) is -0.317. The van der Waals surface area contributed by atoms with Crippen LogP contribution in [0.4, 0.5) is 5.69 Å². The molecular weight excluding hydrogens is 299 g/mol. The van der Waals surface area contributed by atoms with Crippen molar-refractivity contribution in [2.45, 2.75) is 18.6 Å². The highest BCUT2D eigenvalue weighted by Crippen LogP contribution is 2.33. The number of pyridine rings is 1. The Hall–Kier alpha value is -0.850. The van der Waals surface area contributed by atoms with Gasteiger partial charge in [-0.1, -0.05) is 11.6 Å². The highest BCUT2D eigenvalue weighted by molar-refractivity contribution is 8.14. The summed E-state index contributed by atoms with van der Waals surface area (Å²) in [6.07, 6.45) is 1.40. The normalized spacial score (nSPS) is 20.5. The Morgan fingerprint density at radius 3 is 2.67 bits per heavy atom. The van der Waals surface area contributed by atoms with Crippen LogP contribution in [0.3, 0.4) is 0 Å². The quantitative estimate of drug-likeness (QED) is 0.616. The summed E-state index contributed by atoms with van der Waals surface area (Å²) in [5, 5.41) is -0.724. The molecule has 0 N–H and O–H groups in total. The van der Waals surface area contributed by atoms with Crippen molar-refractivity contribution in [1.29, 1.82) is 0 Å². The van der Waals surface area contributed by atoms with Crippen molar-refractivity contribution in [3.05, 3.63) is 23.0 Å². The molecule has 2 heterocycles. The lowest BCUT2D eigenvalue weighted by Crippen LogP contribution is -2.27. The number of carbonyl (C=O) groups is 1. The van der Waals surface area contributed by atoms with Gasteiger partial charge in [-0.05, 0) is 18.6 Å². The second kappa shape index (κ2) is 4.68. The number of halogens is 2. The Bertz CT molecular complexity index is 583. The Balaban J connectivity index is 2.39. The van der Waals surface area contributed by atoms with Crippen LogP contribution in [0.25, 0.3) is 0 Å². The zero-order valence-electron chi connectivity index (χ0n) is 9.43. The van der Waals surface area contributed by atoms with Crippen molar-refractivity contribution < 1.29 is 13.2 Å². The number of carbonyl (C=O) groups excluding carboxylic acids is 1. The van der Waals surface area contributed by atoms with Gasteiger partial charge in [0.2, 0.25) is 15.0 Å². The Labute approximate surface area is 114 Å². The summed E-state index contributed by atoms with van der Waals surface area (Å²) in [7, 11) is 1.53. The van der Waals surface area contributed by atoms with E-state index in [0.717, 1.165) is 5.56 Å². The molecule has 0 radical (unpaired) electrons. The molecule has 2 rings (SSSR count). The fraction of sp³-hybridized carbons (Fsp3) is 0.400. The van der Waals surface area contributed by atoms with E-state index >= 15 is 0 Å². The van der Waals surface area contributed by atoms with Crippen molar-refractivity contribution in [3.8, 4) is 0 Å². The maximum absolute atomic E-state index is 11.9. The Morgan fingerprint density at radius 1 is 1.50 bits per heavy atom. The minimum Gasteiger partial charge on any atom is -0.308 e. The lowest BCUT2D eigenvalue weighted by molar-refractivity contribution is -0.117. The third kappa shape index (κ3) is 2.46. The summed E-state index contributed by atoms with van der Waals surface area (Å²) in [6, 6.07) is 1.71. The standard InChI is InChI=1S/C10H10Cl2N2O3S/c1-6-2-3-13-10(11)9(6)14-5-7(4-8(14)15)18(12,16)17/h2-3,7H,4-5H2,1H3. The Kier molecular flexibility index (Phi) is 3.53. The summed E-state index contributed by atoms with van der Waals surface area (Å²) in [6.45, 7) is 1.79. The minimum atomic E-state index is -3.76. The third-order valence-corrected chi connectivity index (χ3v) is 4.98. The molecule has 0 bridgehead atoms. The van der Waals surface area contributed by atoms with Crippen LogP contribution in [-0.2, 0) is 13.8 Å². The van der Waals surface area contributed by atoms with Gasteiger partial charge in [0.05, 0.1) is 5.69 Å². The van der Waals surface area contributed by atoms with Crippen molar-refractivity contribution in [2.75, 3.05) is 11.4 Å². The highest BCUT2D eigenvalue weighted by Gasteiger charge is 2.39. The molecular formula is C10H10Cl2N2O3S. The van der Waals surface area contributed by atoms with Gasteiger partial charge in [-0.3, -0.25) is 4.79 Å².